The Kier molecular flexibility index (Phi) is 8.74. The molecule has 0 aromatic carbocycles. The van der Waals surface area contributed by atoms with Crippen molar-refractivity contribution in [3.63, 3.8) is 0 Å². The van der Waals surface area contributed by atoms with E-state index in [2.05, 4.69) is 3.97 Å². The van der Waals surface area contributed by atoms with Crippen LogP contribution in [0.4, 0.5) is 0 Å². The summed E-state index contributed by atoms with van der Waals surface area (Å²) in [6, 6.07) is 0. The van der Waals surface area contributed by atoms with E-state index >= 15 is 0 Å². The Balaban J connectivity index is 0. The Morgan fingerprint density at radius 3 is 2.27 bits per heavy atom. The van der Waals surface area contributed by atoms with Crippen LogP contribution in [0.15, 0.2) is 0 Å². The predicted octanol–water partition coefficient (Wildman–Crippen LogP) is 1.40. The van der Waals surface area contributed by atoms with Gasteiger partial charge in [0.05, 0.1) is 0 Å². The fourth-order valence-corrected chi connectivity index (χ4v) is 1.30. The van der Waals surface area contributed by atoms with Crippen molar-refractivity contribution in [3.8, 4) is 0 Å². The van der Waals surface area contributed by atoms with E-state index in [0.29, 0.717) is 11.7 Å². The van der Waals surface area contributed by atoms with Crippen LogP contribution in [0.2, 0.25) is 0 Å². The monoisotopic (exact) mass is 250 g/mol. The molecule has 0 unspecified atom stereocenters. The molecule has 2 N–H and O–H groups in total. The molecule has 0 atom stereocenters. The maximum Gasteiger partial charge on any atom is 0.480 e. The average Bonchev–Trinajstić information content (AvgIpc) is 1.59. The van der Waals surface area contributed by atoms with Crippen LogP contribution in [0.1, 0.15) is 13.8 Å². The van der Waals surface area contributed by atoms with E-state index in [1.165, 1.54) is 0 Å². The van der Waals surface area contributed by atoms with Gasteiger partial charge in [-0.05, 0) is 5.92 Å². The van der Waals surface area contributed by atoms with Gasteiger partial charge in [-0.15, -0.1) is 0 Å². The number of phosphoric acid groups is 1. The predicted molar refractivity (Wildman–Crippen MR) is 40.4 cm³/mol. The van der Waals surface area contributed by atoms with Crippen molar-refractivity contribution >= 4 is 19.9 Å². The Morgan fingerprint density at radius 1 is 1.55 bits per heavy atom. The molecule has 0 fully saturated rings. The van der Waals surface area contributed by atoms with E-state index in [0.717, 1.165) is 12.0 Å². The van der Waals surface area contributed by atoms with Gasteiger partial charge in [0.1, 0.15) is 0 Å². The third-order valence-electron chi connectivity index (χ3n) is 0.551. The van der Waals surface area contributed by atoms with Crippen molar-refractivity contribution in [1.29, 1.82) is 0 Å². The van der Waals surface area contributed by atoms with E-state index in [1.54, 1.807) is 0 Å². The summed E-state index contributed by atoms with van der Waals surface area (Å²) < 4.78 is 14.2. The number of hydrogen-bond donors (Lipinski definition) is 2. The SMILES string of the molecule is CC(C)CSOP(=O)(O)O.[Zn]. The summed E-state index contributed by atoms with van der Waals surface area (Å²) in [5.41, 5.74) is 0. The number of rotatable bonds is 4. The zero-order valence-corrected chi connectivity index (χ0v) is 11.2. The first kappa shape index (κ1) is 14.6. The molecule has 0 saturated carbocycles. The summed E-state index contributed by atoms with van der Waals surface area (Å²) in [6.45, 7) is 3.88. The quantitative estimate of drug-likeness (QED) is 0.449. The van der Waals surface area contributed by atoms with Crippen LogP contribution in [0, 0.1) is 5.92 Å². The van der Waals surface area contributed by atoms with Gasteiger partial charge < -0.3 is 9.79 Å². The molecule has 0 heterocycles. The normalized spacial score (nSPS) is 11.4. The van der Waals surface area contributed by atoms with Crippen molar-refractivity contribution in [3.05, 3.63) is 0 Å². The summed E-state index contributed by atoms with van der Waals surface area (Å²) in [5.74, 6) is 0.960. The smallest absolute Gasteiger partial charge is 0.302 e. The zero-order valence-electron chi connectivity index (χ0n) is 6.56. The summed E-state index contributed by atoms with van der Waals surface area (Å²) in [5, 5.41) is 0. The molecule has 0 bridgehead atoms. The molecule has 4 nitrogen and oxygen atoms in total. The van der Waals surface area contributed by atoms with E-state index in [1.807, 2.05) is 13.8 Å². The Labute approximate surface area is 83.3 Å². The maximum absolute atomic E-state index is 10.1. The first-order valence-corrected chi connectivity index (χ1v) is 5.22. The van der Waals surface area contributed by atoms with E-state index in [-0.39, 0.29) is 19.5 Å². The molecule has 0 aromatic rings. The van der Waals surface area contributed by atoms with Crippen LogP contribution >= 0.6 is 19.9 Å². The molecule has 0 aliphatic rings. The van der Waals surface area contributed by atoms with E-state index in [4.69, 9.17) is 9.79 Å². The summed E-state index contributed by atoms with van der Waals surface area (Å²) in [4.78, 5) is 16.4. The topological polar surface area (TPSA) is 66.8 Å². The third kappa shape index (κ3) is 14.0. The van der Waals surface area contributed by atoms with Gasteiger partial charge in [0, 0.05) is 37.3 Å². The van der Waals surface area contributed by atoms with Gasteiger partial charge in [-0.25, -0.2) is 8.54 Å². The van der Waals surface area contributed by atoms with Crippen LogP contribution in [0.25, 0.3) is 0 Å². The van der Waals surface area contributed by atoms with Crippen LogP contribution < -0.4 is 0 Å². The van der Waals surface area contributed by atoms with Gasteiger partial charge >= 0.3 is 7.82 Å². The van der Waals surface area contributed by atoms with Crippen LogP contribution in [-0.4, -0.2) is 15.5 Å². The van der Waals surface area contributed by atoms with Crippen LogP contribution in [0.3, 0.4) is 0 Å². The van der Waals surface area contributed by atoms with Gasteiger partial charge in [-0.1, -0.05) is 13.8 Å². The largest absolute Gasteiger partial charge is 0.480 e. The van der Waals surface area contributed by atoms with E-state index < -0.39 is 7.82 Å². The van der Waals surface area contributed by atoms with Gasteiger partial charge in [0.15, 0.2) is 0 Å². The van der Waals surface area contributed by atoms with Gasteiger partial charge in [0.2, 0.25) is 0 Å². The fourth-order valence-electron chi connectivity index (χ4n) is 0.235. The van der Waals surface area contributed by atoms with Crippen molar-refractivity contribution in [1.82, 2.24) is 0 Å². The van der Waals surface area contributed by atoms with Crippen molar-refractivity contribution in [2.24, 2.45) is 5.92 Å². The van der Waals surface area contributed by atoms with Crippen molar-refractivity contribution in [2.45, 2.75) is 13.8 Å². The maximum atomic E-state index is 10.1. The molecular weight excluding hydrogens is 240 g/mol. The molecule has 0 aliphatic carbocycles. The molecule has 0 amide bonds. The molecule has 11 heavy (non-hydrogen) atoms. The molecule has 0 rings (SSSR count). The van der Waals surface area contributed by atoms with Crippen LogP contribution in [-0.2, 0) is 28.0 Å². The minimum Gasteiger partial charge on any atom is -0.302 e. The summed E-state index contributed by atoms with van der Waals surface area (Å²) in [7, 11) is -4.26. The second kappa shape index (κ2) is 6.58. The molecule has 0 aliphatic heterocycles. The van der Waals surface area contributed by atoms with Gasteiger partial charge in [0.25, 0.3) is 0 Å². The Bertz CT molecular complexity index is 136. The molecule has 0 radical (unpaired) electrons. The summed E-state index contributed by atoms with van der Waals surface area (Å²) >= 11 is 0.805. The molecule has 0 aromatic heterocycles. The molecule has 64 valence electrons. The Hall–Kier alpha value is 1.08. The zero-order chi connectivity index (χ0) is 8.20. The van der Waals surface area contributed by atoms with Gasteiger partial charge in [-0.3, -0.25) is 0 Å². The second-order valence-electron chi connectivity index (χ2n) is 2.24. The van der Waals surface area contributed by atoms with Crippen molar-refractivity contribution in [2.75, 3.05) is 5.75 Å². The molecule has 0 saturated heterocycles. The fraction of sp³-hybridized carbons (Fsp3) is 1.00. The van der Waals surface area contributed by atoms with Crippen molar-refractivity contribution < 1.29 is 37.8 Å². The first-order valence-electron chi connectivity index (χ1n) is 2.78. The third-order valence-corrected chi connectivity index (χ3v) is 2.55. The molecule has 0 spiro atoms. The van der Waals surface area contributed by atoms with Crippen LogP contribution in [0.5, 0.6) is 0 Å². The second-order valence-corrected chi connectivity index (χ2v) is 4.39. The first-order chi connectivity index (χ1) is 4.42. The molecular formula is C4H11O4PSZn. The van der Waals surface area contributed by atoms with Gasteiger partial charge in [-0.2, -0.15) is 0 Å². The number of hydrogen-bond acceptors (Lipinski definition) is 3. The minimum atomic E-state index is -4.26. The standard InChI is InChI=1S/C4H11O4PS.Zn/c1-4(2)3-10-8-9(5,6)7;/h4H,3H2,1-2H3,(H2,5,6,7);. The Morgan fingerprint density at radius 2 is 2.00 bits per heavy atom. The minimum absolute atomic E-state index is 0. The average molecular weight is 252 g/mol. The summed E-state index contributed by atoms with van der Waals surface area (Å²) in [6.07, 6.45) is 0. The molecule has 7 heteroatoms. The van der Waals surface area contributed by atoms with E-state index in [9.17, 15) is 4.57 Å².